The second-order valence-corrected chi connectivity index (χ2v) is 5.97. The average molecular weight is 261 g/mol. The summed E-state index contributed by atoms with van der Waals surface area (Å²) in [6.45, 7) is 4.84. The molecule has 0 saturated heterocycles. The van der Waals surface area contributed by atoms with Crippen molar-refractivity contribution in [2.45, 2.75) is 46.0 Å². The monoisotopic (exact) mass is 261 g/mol. The predicted octanol–water partition coefficient (Wildman–Crippen LogP) is 2.67. The van der Waals surface area contributed by atoms with E-state index >= 15 is 0 Å². The van der Waals surface area contributed by atoms with Gasteiger partial charge in [0.1, 0.15) is 0 Å². The van der Waals surface area contributed by atoms with Crippen LogP contribution < -0.4 is 11.1 Å². The molecule has 104 valence electrons. The smallest absolute Gasteiger partial charge is 0.254 e. The Morgan fingerprint density at radius 3 is 2.74 bits per heavy atom. The molecule has 2 rings (SSSR count). The number of carbonyl (C=O) groups excluding carboxylic acids is 1. The summed E-state index contributed by atoms with van der Waals surface area (Å²) < 4.78 is 0. The van der Waals surface area contributed by atoms with Gasteiger partial charge in [-0.15, -0.1) is 0 Å². The van der Waals surface area contributed by atoms with E-state index in [1.165, 1.54) is 32.1 Å². The summed E-state index contributed by atoms with van der Waals surface area (Å²) in [6.07, 6.45) is 7.78. The molecule has 0 bridgehead atoms. The first-order valence-corrected chi connectivity index (χ1v) is 7.00. The molecule has 3 N–H and O–H groups in total. The minimum absolute atomic E-state index is 0.114. The molecule has 1 aliphatic carbocycles. The molecule has 0 unspecified atom stereocenters. The molecule has 19 heavy (non-hydrogen) atoms. The zero-order valence-corrected chi connectivity index (χ0v) is 11.8. The molecule has 1 amide bonds. The Morgan fingerprint density at radius 2 is 2.11 bits per heavy atom. The summed E-state index contributed by atoms with van der Waals surface area (Å²) >= 11 is 0. The Kier molecular flexibility index (Phi) is 4.08. The van der Waals surface area contributed by atoms with Crippen LogP contribution in [0.5, 0.6) is 0 Å². The Labute approximate surface area is 114 Å². The van der Waals surface area contributed by atoms with Crippen LogP contribution in [-0.2, 0) is 0 Å². The topological polar surface area (TPSA) is 68.0 Å². The van der Waals surface area contributed by atoms with Crippen molar-refractivity contribution < 1.29 is 4.79 Å². The van der Waals surface area contributed by atoms with Gasteiger partial charge in [0.2, 0.25) is 0 Å². The van der Waals surface area contributed by atoms with Gasteiger partial charge in [0.05, 0.1) is 5.56 Å². The number of anilines is 1. The highest BCUT2D eigenvalue weighted by Crippen LogP contribution is 2.35. The molecule has 1 saturated carbocycles. The summed E-state index contributed by atoms with van der Waals surface area (Å²) in [7, 11) is 0. The molecule has 1 heterocycles. The zero-order chi connectivity index (χ0) is 13.9. The number of nitrogens with two attached hydrogens (primary N) is 1. The van der Waals surface area contributed by atoms with Crippen molar-refractivity contribution in [1.82, 2.24) is 10.3 Å². The predicted molar refractivity (Wildman–Crippen MR) is 76.9 cm³/mol. The minimum atomic E-state index is -0.114. The number of pyridine rings is 1. The zero-order valence-electron chi connectivity index (χ0n) is 11.8. The third kappa shape index (κ3) is 3.46. The van der Waals surface area contributed by atoms with E-state index in [1.807, 2.05) is 6.92 Å². The Morgan fingerprint density at radius 1 is 1.42 bits per heavy atom. The van der Waals surface area contributed by atoms with E-state index in [0.29, 0.717) is 11.3 Å². The molecular weight excluding hydrogens is 238 g/mol. The van der Waals surface area contributed by atoms with Gasteiger partial charge in [-0.3, -0.25) is 9.78 Å². The normalized spacial score (nSPS) is 18.0. The minimum Gasteiger partial charge on any atom is -0.398 e. The van der Waals surface area contributed by atoms with Gasteiger partial charge in [0, 0.05) is 24.1 Å². The summed E-state index contributed by atoms with van der Waals surface area (Å²) in [6, 6.07) is 1.73. The van der Waals surface area contributed by atoms with E-state index < -0.39 is 0 Å². The average Bonchev–Trinajstić information content (AvgIpc) is 2.37. The molecule has 1 fully saturated rings. The van der Waals surface area contributed by atoms with Gasteiger partial charge in [-0.1, -0.05) is 26.2 Å². The fourth-order valence-electron chi connectivity index (χ4n) is 2.74. The van der Waals surface area contributed by atoms with Crippen LogP contribution in [0.15, 0.2) is 12.3 Å². The number of hydrogen-bond acceptors (Lipinski definition) is 3. The molecule has 0 aliphatic heterocycles. The van der Waals surface area contributed by atoms with E-state index in [4.69, 9.17) is 5.73 Å². The summed E-state index contributed by atoms with van der Waals surface area (Å²) in [4.78, 5) is 16.3. The molecule has 0 aromatic carbocycles. The molecule has 0 atom stereocenters. The lowest BCUT2D eigenvalue weighted by molar-refractivity contribution is 0.0919. The number of hydrogen-bond donors (Lipinski definition) is 2. The summed E-state index contributed by atoms with van der Waals surface area (Å²) in [5.41, 5.74) is 7.90. The lowest BCUT2D eigenvalue weighted by atomic mass is 9.76. The van der Waals surface area contributed by atoms with Crippen molar-refractivity contribution >= 4 is 11.6 Å². The fraction of sp³-hybridized carbons (Fsp3) is 0.600. The summed E-state index contributed by atoms with van der Waals surface area (Å²) in [5, 5.41) is 3.01. The molecule has 1 aliphatic rings. The second-order valence-electron chi connectivity index (χ2n) is 5.97. The van der Waals surface area contributed by atoms with Crippen LogP contribution in [-0.4, -0.2) is 17.4 Å². The standard InChI is InChI=1S/C15H23N3O/c1-11-8-13(16)12(9-17-11)14(19)18-10-15(2)6-4-3-5-7-15/h8-9H,3-7,10H2,1-2H3,(H2,16,17)(H,18,19). The first-order valence-electron chi connectivity index (χ1n) is 7.00. The Balaban J connectivity index is 1.97. The summed E-state index contributed by atoms with van der Waals surface area (Å²) in [5.74, 6) is -0.114. The highest BCUT2D eigenvalue weighted by molar-refractivity contribution is 5.98. The molecular formula is C15H23N3O. The quantitative estimate of drug-likeness (QED) is 0.879. The number of carbonyl (C=O) groups is 1. The highest BCUT2D eigenvalue weighted by Gasteiger charge is 2.27. The van der Waals surface area contributed by atoms with Gasteiger partial charge in [0.25, 0.3) is 5.91 Å². The van der Waals surface area contributed by atoms with Gasteiger partial charge >= 0.3 is 0 Å². The van der Waals surface area contributed by atoms with E-state index in [-0.39, 0.29) is 11.3 Å². The number of aryl methyl sites for hydroxylation is 1. The first-order chi connectivity index (χ1) is 9.00. The lowest BCUT2D eigenvalue weighted by Gasteiger charge is -2.33. The van der Waals surface area contributed by atoms with E-state index in [2.05, 4.69) is 17.2 Å². The third-order valence-electron chi connectivity index (χ3n) is 4.05. The maximum Gasteiger partial charge on any atom is 0.254 e. The Bertz CT molecular complexity index is 464. The first kappa shape index (κ1) is 13.8. The largest absolute Gasteiger partial charge is 0.398 e. The lowest BCUT2D eigenvalue weighted by Crippen LogP contribution is -2.37. The number of nitrogens with one attached hydrogen (secondary N) is 1. The second kappa shape index (κ2) is 5.59. The Hall–Kier alpha value is -1.58. The van der Waals surface area contributed by atoms with Crippen molar-refractivity contribution in [3.63, 3.8) is 0 Å². The van der Waals surface area contributed by atoms with Crippen LogP contribution in [0, 0.1) is 12.3 Å². The third-order valence-corrected chi connectivity index (χ3v) is 4.05. The van der Waals surface area contributed by atoms with Gasteiger partial charge in [-0.25, -0.2) is 0 Å². The number of aromatic nitrogens is 1. The van der Waals surface area contributed by atoms with E-state index in [0.717, 1.165) is 12.2 Å². The molecule has 1 aromatic rings. The van der Waals surface area contributed by atoms with Gasteiger partial charge in [0.15, 0.2) is 0 Å². The number of nitrogens with zero attached hydrogens (tertiary/aromatic N) is 1. The molecule has 4 heteroatoms. The molecule has 0 spiro atoms. The van der Waals surface area contributed by atoms with E-state index in [1.54, 1.807) is 12.3 Å². The van der Waals surface area contributed by atoms with E-state index in [9.17, 15) is 4.79 Å². The highest BCUT2D eigenvalue weighted by atomic mass is 16.1. The maximum absolute atomic E-state index is 12.1. The molecule has 4 nitrogen and oxygen atoms in total. The van der Waals surface area contributed by atoms with Crippen LogP contribution in [0.4, 0.5) is 5.69 Å². The van der Waals surface area contributed by atoms with Crippen molar-refractivity contribution in [3.05, 3.63) is 23.5 Å². The van der Waals surface area contributed by atoms with Crippen LogP contribution in [0.1, 0.15) is 55.1 Å². The SMILES string of the molecule is Cc1cc(N)c(C(=O)NCC2(C)CCCCC2)cn1. The maximum atomic E-state index is 12.1. The van der Waals surface area contributed by atoms with Gasteiger partial charge in [-0.2, -0.15) is 0 Å². The van der Waals surface area contributed by atoms with Gasteiger partial charge < -0.3 is 11.1 Å². The van der Waals surface area contributed by atoms with Crippen molar-refractivity contribution in [2.75, 3.05) is 12.3 Å². The van der Waals surface area contributed by atoms with Crippen molar-refractivity contribution in [1.29, 1.82) is 0 Å². The van der Waals surface area contributed by atoms with Crippen LogP contribution in [0.3, 0.4) is 0 Å². The van der Waals surface area contributed by atoms with Gasteiger partial charge in [-0.05, 0) is 31.2 Å². The van der Waals surface area contributed by atoms with Crippen LogP contribution >= 0.6 is 0 Å². The van der Waals surface area contributed by atoms with Crippen LogP contribution in [0.25, 0.3) is 0 Å². The van der Waals surface area contributed by atoms with Crippen molar-refractivity contribution in [3.8, 4) is 0 Å². The molecule has 1 aromatic heterocycles. The fourth-order valence-corrected chi connectivity index (χ4v) is 2.74. The van der Waals surface area contributed by atoms with Crippen LogP contribution in [0.2, 0.25) is 0 Å². The number of amides is 1. The number of nitrogen functional groups attached to an aromatic ring is 1. The number of rotatable bonds is 3. The molecule has 0 radical (unpaired) electrons. The van der Waals surface area contributed by atoms with Crippen molar-refractivity contribution in [2.24, 2.45) is 5.41 Å².